The summed E-state index contributed by atoms with van der Waals surface area (Å²) in [6, 6.07) is 22.6. The van der Waals surface area contributed by atoms with Crippen LogP contribution in [0, 0.1) is 0 Å². The number of aromatic hydroxyl groups is 1. The Morgan fingerprint density at radius 3 is 2.28 bits per heavy atom. The van der Waals surface area contributed by atoms with Gasteiger partial charge in [-0.15, -0.1) is 0 Å². The van der Waals surface area contributed by atoms with Gasteiger partial charge in [-0.1, -0.05) is 42.5 Å². The molecule has 1 unspecified atom stereocenters. The van der Waals surface area contributed by atoms with E-state index in [9.17, 15) is 20.1 Å². The molecule has 3 aromatic rings. The molecular formula is C25H28N2O5. The van der Waals surface area contributed by atoms with Gasteiger partial charge in [-0.25, -0.2) is 0 Å². The molecule has 168 valence electrons. The van der Waals surface area contributed by atoms with E-state index < -0.39 is 18.1 Å². The van der Waals surface area contributed by atoms with Gasteiger partial charge in [-0.2, -0.15) is 0 Å². The van der Waals surface area contributed by atoms with Gasteiger partial charge < -0.3 is 30.7 Å². The number of benzene rings is 3. The zero-order chi connectivity index (χ0) is 22.8. The number of hydrogen-bond donors (Lipinski definition) is 5. The van der Waals surface area contributed by atoms with Gasteiger partial charge in [0.05, 0.1) is 0 Å². The molecule has 7 nitrogen and oxygen atoms in total. The van der Waals surface area contributed by atoms with Crippen molar-refractivity contribution in [1.82, 2.24) is 5.32 Å². The molecule has 0 aliphatic carbocycles. The minimum atomic E-state index is -1.22. The van der Waals surface area contributed by atoms with Gasteiger partial charge in [0, 0.05) is 12.2 Å². The molecular weight excluding hydrogens is 408 g/mol. The highest BCUT2D eigenvalue weighted by Crippen LogP contribution is 2.17. The van der Waals surface area contributed by atoms with Crippen LogP contribution in [0.3, 0.4) is 0 Å². The van der Waals surface area contributed by atoms with Gasteiger partial charge in [0.25, 0.3) is 5.91 Å². The molecule has 0 fully saturated rings. The van der Waals surface area contributed by atoms with Crippen LogP contribution in [-0.2, 0) is 11.2 Å². The van der Waals surface area contributed by atoms with Crippen LogP contribution in [0.1, 0.15) is 17.2 Å². The molecule has 3 aromatic carbocycles. The SMILES string of the molecule is O=C(Nc1ccc(CCNC[C@H](O)COc2ccc(O)cc2)cc1)C(O)c1ccccc1. The third-order valence-electron chi connectivity index (χ3n) is 4.83. The van der Waals surface area contributed by atoms with Crippen LogP contribution in [0.15, 0.2) is 78.9 Å². The highest BCUT2D eigenvalue weighted by Gasteiger charge is 2.16. The number of hydrogen-bond acceptors (Lipinski definition) is 6. The average Bonchev–Trinajstić information content (AvgIpc) is 2.82. The largest absolute Gasteiger partial charge is 0.508 e. The molecule has 7 heteroatoms. The van der Waals surface area contributed by atoms with Crippen molar-refractivity contribution in [1.29, 1.82) is 0 Å². The number of nitrogens with one attached hydrogen (secondary N) is 2. The van der Waals surface area contributed by atoms with E-state index >= 15 is 0 Å². The fourth-order valence-corrected chi connectivity index (χ4v) is 3.05. The lowest BCUT2D eigenvalue weighted by atomic mass is 10.1. The molecule has 0 saturated heterocycles. The summed E-state index contributed by atoms with van der Waals surface area (Å²) < 4.78 is 5.47. The molecule has 1 amide bonds. The number of phenols is 1. The zero-order valence-corrected chi connectivity index (χ0v) is 17.6. The van der Waals surface area contributed by atoms with Crippen LogP contribution < -0.4 is 15.4 Å². The number of aliphatic hydroxyl groups is 2. The Bertz CT molecular complexity index is 962. The molecule has 0 radical (unpaired) electrons. The molecule has 0 saturated carbocycles. The van der Waals surface area contributed by atoms with E-state index in [1.54, 1.807) is 48.5 Å². The number of ether oxygens (including phenoxy) is 1. The Kier molecular flexibility index (Phi) is 8.62. The number of rotatable bonds is 11. The van der Waals surface area contributed by atoms with E-state index in [4.69, 9.17) is 4.74 Å². The fraction of sp³-hybridized carbons (Fsp3) is 0.240. The van der Waals surface area contributed by atoms with Crippen molar-refractivity contribution in [3.05, 3.63) is 90.0 Å². The highest BCUT2D eigenvalue weighted by atomic mass is 16.5. The van der Waals surface area contributed by atoms with Crippen molar-refractivity contribution in [2.24, 2.45) is 0 Å². The second kappa shape index (κ2) is 11.9. The molecule has 0 spiro atoms. The maximum atomic E-state index is 12.2. The van der Waals surface area contributed by atoms with E-state index in [1.807, 2.05) is 18.2 Å². The van der Waals surface area contributed by atoms with E-state index in [-0.39, 0.29) is 12.4 Å². The van der Waals surface area contributed by atoms with Gasteiger partial charge in [0.15, 0.2) is 6.10 Å². The number of carbonyl (C=O) groups excluding carboxylic acids is 1. The first-order valence-corrected chi connectivity index (χ1v) is 10.4. The molecule has 0 aliphatic heterocycles. The maximum absolute atomic E-state index is 12.2. The summed E-state index contributed by atoms with van der Waals surface area (Å²) in [6.45, 7) is 1.22. The lowest BCUT2D eigenvalue weighted by Gasteiger charge is -2.14. The standard InChI is InChI=1S/C25H28N2O5/c28-21-10-12-23(13-11-21)32-17-22(29)16-26-15-14-18-6-8-20(9-7-18)27-25(31)24(30)19-4-2-1-3-5-19/h1-13,22,24,26,28-30H,14-17H2,(H,27,31)/t22-,24?/m0/s1. The predicted octanol–water partition coefficient (Wildman–Crippen LogP) is 2.64. The summed E-state index contributed by atoms with van der Waals surface area (Å²) in [5.74, 6) is 0.277. The van der Waals surface area contributed by atoms with Gasteiger partial charge >= 0.3 is 0 Å². The molecule has 2 atom stereocenters. The highest BCUT2D eigenvalue weighted by molar-refractivity contribution is 5.94. The smallest absolute Gasteiger partial charge is 0.257 e. The Morgan fingerprint density at radius 2 is 1.59 bits per heavy atom. The minimum Gasteiger partial charge on any atom is -0.508 e. The maximum Gasteiger partial charge on any atom is 0.257 e. The number of aliphatic hydroxyl groups excluding tert-OH is 2. The molecule has 0 aliphatic rings. The van der Waals surface area contributed by atoms with E-state index in [0.29, 0.717) is 30.1 Å². The minimum absolute atomic E-state index is 0.154. The van der Waals surface area contributed by atoms with Crippen molar-refractivity contribution in [3.63, 3.8) is 0 Å². The topological polar surface area (TPSA) is 111 Å². The van der Waals surface area contributed by atoms with Gasteiger partial charge in [-0.05, 0) is 60.5 Å². The summed E-state index contributed by atoms with van der Waals surface area (Å²) in [5.41, 5.74) is 2.24. The molecule has 0 heterocycles. The Morgan fingerprint density at radius 1 is 0.906 bits per heavy atom. The summed E-state index contributed by atoms with van der Waals surface area (Å²) in [7, 11) is 0. The first kappa shape index (κ1) is 23.3. The van der Waals surface area contributed by atoms with Crippen molar-refractivity contribution >= 4 is 11.6 Å². The van der Waals surface area contributed by atoms with Crippen molar-refractivity contribution < 1.29 is 24.9 Å². The first-order valence-electron chi connectivity index (χ1n) is 10.4. The Balaban J connectivity index is 1.34. The normalized spacial score (nSPS) is 12.7. The summed E-state index contributed by atoms with van der Waals surface area (Å²) in [4.78, 5) is 12.2. The number of amides is 1. The number of anilines is 1. The second-order valence-corrected chi connectivity index (χ2v) is 7.41. The third-order valence-corrected chi connectivity index (χ3v) is 4.83. The Hall–Kier alpha value is -3.39. The monoisotopic (exact) mass is 436 g/mol. The average molecular weight is 437 g/mol. The van der Waals surface area contributed by atoms with Crippen molar-refractivity contribution in [2.45, 2.75) is 18.6 Å². The zero-order valence-electron chi connectivity index (χ0n) is 17.6. The lowest BCUT2D eigenvalue weighted by Crippen LogP contribution is -2.32. The molecule has 32 heavy (non-hydrogen) atoms. The summed E-state index contributed by atoms with van der Waals surface area (Å²) in [6.07, 6.45) is -1.12. The molecule has 0 bridgehead atoms. The van der Waals surface area contributed by atoms with Gasteiger partial charge in [0.2, 0.25) is 0 Å². The predicted molar refractivity (Wildman–Crippen MR) is 123 cm³/mol. The molecule has 5 N–H and O–H groups in total. The van der Waals surface area contributed by atoms with Gasteiger partial charge in [0.1, 0.15) is 24.2 Å². The summed E-state index contributed by atoms with van der Waals surface area (Å²) in [5, 5.41) is 35.3. The molecule has 0 aromatic heterocycles. The fourth-order valence-electron chi connectivity index (χ4n) is 3.05. The van der Waals surface area contributed by atoms with E-state index in [2.05, 4.69) is 10.6 Å². The van der Waals surface area contributed by atoms with Crippen LogP contribution in [0.4, 0.5) is 5.69 Å². The van der Waals surface area contributed by atoms with Crippen LogP contribution in [0.2, 0.25) is 0 Å². The lowest BCUT2D eigenvalue weighted by molar-refractivity contribution is -0.124. The van der Waals surface area contributed by atoms with Crippen molar-refractivity contribution in [3.8, 4) is 11.5 Å². The first-order chi connectivity index (χ1) is 15.5. The summed E-state index contributed by atoms with van der Waals surface area (Å²) >= 11 is 0. The van der Waals surface area contributed by atoms with E-state index in [0.717, 1.165) is 12.0 Å². The van der Waals surface area contributed by atoms with Crippen LogP contribution in [-0.4, -0.2) is 47.0 Å². The number of phenolic OH excluding ortho intramolecular Hbond substituents is 1. The third kappa shape index (κ3) is 7.39. The van der Waals surface area contributed by atoms with Crippen LogP contribution >= 0.6 is 0 Å². The van der Waals surface area contributed by atoms with Crippen LogP contribution in [0.25, 0.3) is 0 Å². The van der Waals surface area contributed by atoms with E-state index in [1.165, 1.54) is 12.1 Å². The van der Waals surface area contributed by atoms with Gasteiger partial charge in [-0.3, -0.25) is 4.79 Å². The second-order valence-electron chi connectivity index (χ2n) is 7.41. The number of carbonyl (C=O) groups is 1. The van der Waals surface area contributed by atoms with Crippen LogP contribution in [0.5, 0.6) is 11.5 Å². The Labute approximate surface area is 187 Å². The quantitative estimate of drug-likeness (QED) is 0.296. The molecule has 3 rings (SSSR count). The van der Waals surface area contributed by atoms with Crippen molar-refractivity contribution in [2.75, 3.05) is 25.0 Å².